The van der Waals surface area contributed by atoms with Crippen molar-refractivity contribution in [3.05, 3.63) is 53.6 Å². The van der Waals surface area contributed by atoms with Crippen molar-refractivity contribution in [2.75, 3.05) is 23.8 Å². The molecule has 20 heavy (non-hydrogen) atoms. The molecule has 0 spiro atoms. The van der Waals surface area contributed by atoms with Crippen LogP contribution in [0.4, 0.5) is 11.4 Å². The number of nitrogen functional groups attached to an aromatic ring is 1. The van der Waals surface area contributed by atoms with Crippen LogP contribution in [0.1, 0.15) is 11.1 Å². The highest BCUT2D eigenvalue weighted by molar-refractivity contribution is 5.85. The van der Waals surface area contributed by atoms with Gasteiger partial charge in [-0.1, -0.05) is 18.2 Å². The summed E-state index contributed by atoms with van der Waals surface area (Å²) in [6, 6.07) is 14.4. The lowest BCUT2D eigenvalue weighted by molar-refractivity contribution is 0.306. The molecule has 0 radical (unpaired) electrons. The zero-order valence-corrected chi connectivity index (χ0v) is 12.3. The first-order valence-electron chi connectivity index (χ1n) is 6.55. The van der Waals surface area contributed by atoms with Gasteiger partial charge in [-0.15, -0.1) is 12.4 Å². The van der Waals surface area contributed by atoms with Crippen LogP contribution in [0, 0.1) is 6.92 Å². The first-order valence-corrected chi connectivity index (χ1v) is 6.55. The summed E-state index contributed by atoms with van der Waals surface area (Å²) in [5, 5.41) is 0. The van der Waals surface area contributed by atoms with Crippen LogP contribution in [-0.2, 0) is 6.54 Å². The van der Waals surface area contributed by atoms with E-state index in [0.29, 0.717) is 0 Å². The summed E-state index contributed by atoms with van der Waals surface area (Å²) >= 11 is 0. The number of fused-ring (bicyclic) bond motifs is 1. The smallest absolute Gasteiger partial charge is 0.142 e. The largest absolute Gasteiger partial charge is 0.490 e. The third kappa shape index (κ3) is 2.99. The van der Waals surface area contributed by atoms with Crippen molar-refractivity contribution in [1.29, 1.82) is 0 Å². The molecule has 0 fully saturated rings. The normalized spacial score (nSPS) is 13.2. The Bertz CT molecular complexity index is 601. The minimum atomic E-state index is 0. The van der Waals surface area contributed by atoms with Crippen molar-refractivity contribution in [2.45, 2.75) is 13.5 Å². The topological polar surface area (TPSA) is 38.5 Å². The van der Waals surface area contributed by atoms with Gasteiger partial charge in [0.25, 0.3) is 0 Å². The number of nitrogens with two attached hydrogens (primary N) is 1. The summed E-state index contributed by atoms with van der Waals surface area (Å²) in [5.41, 5.74) is 10.3. The Labute approximate surface area is 125 Å². The van der Waals surface area contributed by atoms with E-state index >= 15 is 0 Å². The average Bonchev–Trinajstić information content (AvgIpc) is 2.38. The Morgan fingerprint density at radius 3 is 2.85 bits per heavy atom. The van der Waals surface area contributed by atoms with E-state index in [4.69, 9.17) is 10.5 Å². The average molecular weight is 291 g/mol. The molecule has 4 heteroatoms. The third-order valence-corrected chi connectivity index (χ3v) is 3.40. The molecule has 0 aliphatic carbocycles. The van der Waals surface area contributed by atoms with E-state index < -0.39 is 0 Å². The standard InChI is InChI=1S/C16H18N2O.ClH/c1-12-5-6-15-16(9-12)19-8-7-18(15)11-13-3-2-4-14(17)10-13;/h2-6,9-10H,7-8,11,17H2,1H3;1H. The van der Waals surface area contributed by atoms with Gasteiger partial charge in [0.15, 0.2) is 0 Å². The molecule has 1 aliphatic rings. The SMILES string of the molecule is Cc1ccc2c(c1)OCCN2Cc1cccc(N)c1.Cl. The molecule has 2 aromatic carbocycles. The third-order valence-electron chi connectivity index (χ3n) is 3.40. The monoisotopic (exact) mass is 290 g/mol. The Kier molecular flexibility index (Phi) is 4.40. The van der Waals surface area contributed by atoms with Crippen LogP contribution in [0.5, 0.6) is 5.75 Å². The lowest BCUT2D eigenvalue weighted by Crippen LogP contribution is -2.32. The van der Waals surface area contributed by atoms with Gasteiger partial charge in [0.2, 0.25) is 0 Å². The number of rotatable bonds is 2. The van der Waals surface area contributed by atoms with Gasteiger partial charge < -0.3 is 15.4 Å². The molecule has 2 aromatic rings. The van der Waals surface area contributed by atoms with Crippen LogP contribution in [0.3, 0.4) is 0 Å². The van der Waals surface area contributed by atoms with Crippen molar-refractivity contribution >= 4 is 23.8 Å². The van der Waals surface area contributed by atoms with E-state index in [1.807, 2.05) is 18.2 Å². The molecule has 0 amide bonds. The van der Waals surface area contributed by atoms with Crippen molar-refractivity contribution in [3.63, 3.8) is 0 Å². The van der Waals surface area contributed by atoms with Gasteiger partial charge in [-0.05, 0) is 42.3 Å². The van der Waals surface area contributed by atoms with Gasteiger partial charge in [-0.2, -0.15) is 0 Å². The summed E-state index contributed by atoms with van der Waals surface area (Å²) in [4.78, 5) is 2.34. The Morgan fingerprint density at radius 1 is 1.20 bits per heavy atom. The van der Waals surface area contributed by atoms with Crippen LogP contribution in [0.25, 0.3) is 0 Å². The molecule has 0 bridgehead atoms. The number of aryl methyl sites for hydroxylation is 1. The molecule has 3 nitrogen and oxygen atoms in total. The number of anilines is 2. The van der Waals surface area contributed by atoms with Gasteiger partial charge >= 0.3 is 0 Å². The minimum Gasteiger partial charge on any atom is -0.490 e. The van der Waals surface area contributed by atoms with E-state index in [2.05, 4.69) is 36.1 Å². The second-order valence-corrected chi connectivity index (χ2v) is 4.99. The van der Waals surface area contributed by atoms with Crippen LogP contribution in [0.15, 0.2) is 42.5 Å². The molecule has 106 valence electrons. The summed E-state index contributed by atoms with van der Waals surface area (Å²) in [7, 11) is 0. The first kappa shape index (κ1) is 14.5. The van der Waals surface area contributed by atoms with Crippen LogP contribution in [-0.4, -0.2) is 13.2 Å². The Balaban J connectivity index is 0.00000147. The minimum absolute atomic E-state index is 0. The fourth-order valence-corrected chi connectivity index (χ4v) is 2.46. The highest BCUT2D eigenvalue weighted by atomic mass is 35.5. The lowest BCUT2D eigenvalue weighted by Gasteiger charge is -2.31. The summed E-state index contributed by atoms with van der Waals surface area (Å²) in [6.45, 7) is 4.59. The van der Waals surface area contributed by atoms with Gasteiger partial charge in [0, 0.05) is 12.2 Å². The molecule has 1 heterocycles. The zero-order chi connectivity index (χ0) is 13.2. The number of benzene rings is 2. The number of halogens is 1. The molecule has 0 unspecified atom stereocenters. The number of ether oxygens (including phenoxy) is 1. The second-order valence-electron chi connectivity index (χ2n) is 4.99. The molecular weight excluding hydrogens is 272 g/mol. The van der Waals surface area contributed by atoms with Crippen molar-refractivity contribution < 1.29 is 4.74 Å². The summed E-state index contributed by atoms with van der Waals surface area (Å²) < 4.78 is 5.73. The molecule has 0 aromatic heterocycles. The van der Waals surface area contributed by atoms with E-state index in [1.54, 1.807) is 0 Å². The molecule has 3 rings (SSSR count). The van der Waals surface area contributed by atoms with E-state index in [0.717, 1.165) is 31.1 Å². The van der Waals surface area contributed by atoms with Crippen molar-refractivity contribution in [2.24, 2.45) is 0 Å². The quantitative estimate of drug-likeness (QED) is 0.862. The van der Waals surface area contributed by atoms with E-state index in [9.17, 15) is 0 Å². The Morgan fingerprint density at radius 2 is 2.05 bits per heavy atom. The van der Waals surface area contributed by atoms with E-state index in [-0.39, 0.29) is 12.4 Å². The maximum Gasteiger partial charge on any atom is 0.142 e. The predicted octanol–water partition coefficient (Wildman–Crippen LogP) is 3.40. The lowest BCUT2D eigenvalue weighted by atomic mass is 10.1. The van der Waals surface area contributed by atoms with Crippen LogP contribution >= 0.6 is 12.4 Å². The Hall–Kier alpha value is -1.87. The molecule has 2 N–H and O–H groups in total. The van der Waals surface area contributed by atoms with Gasteiger partial charge in [-0.3, -0.25) is 0 Å². The molecular formula is C16H19ClN2O. The highest BCUT2D eigenvalue weighted by Crippen LogP contribution is 2.33. The number of nitrogens with zero attached hydrogens (tertiary/aromatic N) is 1. The predicted molar refractivity (Wildman–Crippen MR) is 85.8 cm³/mol. The second kappa shape index (κ2) is 6.06. The van der Waals surface area contributed by atoms with Crippen LogP contribution < -0.4 is 15.4 Å². The molecule has 1 aliphatic heterocycles. The number of hydrogen-bond donors (Lipinski definition) is 1. The molecule has 0 saturated carbocycles. The summed E-state index contributed by atoms with van der Waals surface area (Å²) in [6.07, 6.45) is 0. The molecule has 0 atom stereocenters. The van der Waals surface area contributed by atoms with Gasteiger partial charge in [0.05, 0.1) is 12.2 Å². The molecule has 0 saturated heterocycles. The summed E-state index contributed by atoms with van der Waals surface area (Å²) in [5.74, 6) is 0.982. The van der Waals surface area contributed by atoms with Crippen molar-refractivity contribution in [1.82, 2.24) is 0 Å². The fraction of sp³-hybridized carbons (Fsp3) is 0.250. The zero-order valence-electron chi connectivity index (χ0n) is 11.5. The van der Waals surface area contributed by atoms with E-state index in [1.165, 1.54) is 16.8 Å². The van der Waals surface area contributed by atoms with Crippen molar-refractivity contribution in [3.8, 4) is 5.75 Å². The maximum atomic E-state index is 5.83. The maximum absolute atomic E-state index is 5.83. The highest BCUT2D eigenvalue weighted by Gasteiger charge is 2.18. The van der Waals surface area contributed by atoms with Gasteiger partial charge in [0.1, 0.15) is 12.4 Å². The van der Waals surface area contributed by atoms with Gasteiger partial charge in [-0.25, -0.2) is 0 Å². The first-order chi connectivity index (χ1) is 9.22. The fourth-order valence-electron chi connectivity index (χ4n) is 2.46. The van der Waals surface area contributed by atoms with Crippen LogP contribution in [0.2, 0.25) is 0 Å². The number of hydrogen-bond acceptors (Lipinski definition) is 3.